The lowest BCUT2D eigenvalue weighted by Gasteiger charge is -2.07. The van der Waals surface area contributed by atoms with Gasteiger partial charge in [-0.3, -0.25) is 5.41 Å². The first-order valence-corrected chi connectivity index (χ1v) is 3.30. The van der Waals surface area contributed by atoms with Crippen molar-refractivity contribution in [2.75, 3.05) is 0 Å². The average molecular weight is 192 g/mol. The van der Waals surface area contributed by atoms with Crippen molar-refractivity contribution in [1.29, 1.82) is 5.41 Å². The van der Waals surface area contributed by atoms with E-state index in [4.69, 9.17) is 11.1 Å². The van der Waals surface area contributed by atoms with Crippen molar-refractivity contribution in [3.05, 3.63) is 17.5 Å². The Labute approximate surface area is 71.7 Å². The lowest BCUT2D eigenvalue weighted by Crippen LogP contribution is -2.21. The molecule has 1 rings (SSSR count). The number of nitrogen functional groups attached to an aromatic ring is 1. The van der Waals surface area contributed by atoms with Crippen LogP contribution >= 0.6 is 0 Å². The summed E-state index contributed by atoms with van der Waals surface area (Å²) in [6.45, 7) is 1.21. The lowest BCUT2D eigenvalue weighted by molar-refractivity contribution is -0.213. The molecular weight excluding hydrogens is 185 g/mol. The van der Waals surface area contributed by atoms with E-state index in [1.54, 1.807) is 0 Å². The molecule has 0 unspecified atom stereocenters. The Morgan fingerprint density at radius 1 is 1.62 bits per heavy atom. The van der Waals surface area contributed by atoms with Crippen LogP contribution in [0.1, 0.15) is 11.3 Å². The van der Waals surface area contributed by atoms with Gasteiger partial charge in [-0.15, -0.1) is 13.2 Å². The molecule has 72 valence electrons. The third-order valence-electron chi connectivity index (χ3n) is 1.54. The zero-order chi connectivity index (χ0) is 10.2. The number of alkyl halides is 3. The second-order valence-corrected chi connectivity index (χ2v) is 2.44. The number of rotatable bonds is 1. The highest BCUT2D eigenvalue weighted by molar-refractivity contribution is 5.95. The van der Waals surface area contributed by atoms with Gasteiger partial charge in [0.2, 0.25) is 0 Å². The van der Waals surface area contributed by atoms with Crippen molar-refractivity contribution >= 4 is 5.84 Å². The van der Waals surface area contributed by atoms with Gasteiger partial charge in [0, 0.05) is 0 Å². The van der Waals surface area contributed by atoms with E-state index in [-0.39, 0.29) is 15.9 Å². The SMILES string of the molecule is Cc1c(C(=N)N)cnn1C(F)(F)F. The van der Waals surface area contributed by atoms with Crippen LogP contribution in [0.5, 0.6) is 0 Å². The molecule has 0 aliphatic heterocycles. The summed E-state index contributed by atoms with van der Waals surface area (Å²) in [6.07, 6.45) is -3.64. The zero-order valence-electron chi connectivity index (χ0n) is 6.68. The van der Waals surface area contributed by atoms with E-state index in [9.17, 15) is 13.2 Å². The Morgan fingerprint density at radius 2 is 2.15 bits per heavy atom. The summed E-state index contributed by atoms with van der Waals surface area (Å²) in [5.41, 5.74) is 4.85. The minimum Gasteiger partial charge on any atom is -0.384 e. The molecule has 7 heteroatoms. The standard InChI is InChI=1S/C6H7F3N4/c1-3-4(5(10)11)2-12-13(3)6(7,8)9/h2H,1H3,(H3,10,11). The molecule has 0 aromatic carbocycles. The van der Waals surface area contributed by atoms with Gasteiger partial charge in [0.05, 0.1) is 17.5 Å². The van der Waals surface area contributed by atoms with Gasteiger partial charge in [0.1, 0.15) is 5.84 Å². The number of nitrogens with zero attached hydrogens (tertiary/aromatic N) is 2. The summed E-state index contributed by atoms with van der Waals surface area (Å²) in [5.74, 6) is -0.423. The van der Waals surface area contributed by atoms with E-state index in [2.05, 4.69) is 5.10 Å². The summed E-state index contributed by atoms with van der Waals surface area (Å²) in [4.78, 5) is 0. The van der Waals surface area contributed by atoms with Crippen molar-refractivity contribution < 1.29 is 13.2 Å². The van der Waals surface area contributed by atoms with Gasteiger partial charge in [-0.2, -0.15) is 9.78 Å². The predicted octanol–water partition coefficient (Wildman–Crippen LogP) is 0.952. The largest absolute Gasteiger partial charge is 0.504 e. The lowest BCUT2D eigenvalue weighted by atomic mass is 10.2. The van der Waals surface area contributed by atoms with Crippen LogP contribution in [0.25, 0.3) is 0 Å². The number of aromatic nitrogens is 2. The fourth-order valence-corrected chi connectivity index (χ4v) is 0.930. The first-order chi connectivity index (χ1) is 5.84. The monoisotopic (exact) mass is 192 g/mol. The third-order valence-corrected chi connectivity index (χ3v) is 1.54. The quantitative estimate of drug-likeness (QED) is 0.513. The van der Waals surface area contributed by atoms with E-state index < -0.39 is 12.1 Å². The molecule has 0 bridgehead atoms. The predicted molar refractivity (Wildman–Crippen MR) is 39.3 cm³/mol. The molecule has 3 N–H and O–H groups in total. The highest BCUT2D eigenvalue weighted by Crippen LogP contribution is 2.24. The maximum Gasteiger partial charge on any atom is 0.504 e. The van der Waals surface area contributed by atoms with Crippen LogP contribution in [-0.2, 0) is 6.30 Å². The summed E-state index contributed by atoms with van der Waals surface area (Å²) in [5, 5.41) is 10.0. The van der Waals surface area contributed by atoms with E-state index in [0.717, 1.165) is 6.20 Å². The minimum absolute atomic E-state index is 0.00248. The van der Waals surface area contributed by atoms with Gasteiger partial charge >= 0.3 is 6.30 Å². The topological polar surface area (TPSA) is 67.7 Å². The Morgan fingerprint density at radius 3 is 2.38 bits per heavy atom. The van der Waals surface area contributed by atoms with Crippen LogP contribution < -0.4 is 5.73 Å². The van der Waals surface area contributed by atoms with Crippen LogP contribution in [0.15, 0.2) is 6.20 Å². The van der Waals surface area contributed by atoms with E-state index in [1.165, 1.54) is 6.92 Å². The number of hydrogen-bond acceptors (Lipinski definition) is 2. The van der Waals surface area contributed by atoms with Crippen molar-refractivity contribution in [2.45, 2.75) is 13.2 Å². The second-order valence-electron chi connectivity index (χ2n) is 2.44. The van der Waals surface area contributed by atoms with Gasteiger partial charge in [-0.25, -0.2) is 0 Å². The van der Waals surface area contributed by atoms with Gasteiger partial charge in [-0.1, -0.05) is 0 Å². The molecule has 0 aliphatic carbocycles. The van der Waals surface area contributed by atoms with Crippen LogP contribution in [0, 0.1) is 12.3 Å². The van der Waals surface area contributed by atoms with Crippen molar-refractivity contribution in [3.63, 3.8) is 0 Å². The fourth-order valence-electron chi connectivity index (χ4n) is 0.930. The number of nitrogens with two attached hydrogens (primary N) is 1. The average Bonchev–Trinajstić information content (AvgIpc) is 2.28. The fraction of sp³-hybridized carbons (Fsp3) is 0.333. The summed E-state index contributed by atoms with van der Waals surface area (Å²) in [7, 11) is 0. The molecule has 13 heavy (non-hydrogen) atoms. The zero-order valence-corrected chi connectivity index (χ0v) is 6.68. The molecule has 1 aromatic rings. The van der Waals surface area contributed by atoms with E-state index in [0.29, 0.717) is 0 Å². The Kier molecular flexibility index (Phi) is 2.02. The molecule has 1 aromatic heterocycles. The van der Waals surface area contributed by atoms with Crippen molar-refractivity contribution in [3.8, 4) is 0 Å². The normalized spacial score (nSPS) is 11.7. The second kappa shape index (κ2) is 2.75. The van der Waals surface area contributed by atoms with Crippen LogP contribution in [0.3, 0.4) is 0 Å². The molecule has 0 spiro atoms. The number of halogens is 3. The maximum atomic E-state index is 12.1. The van der Waals surface area contributed by atoms with Gasteiger partial charge in [0.25, 0.3) is 0 Å². The molecule has 0 saturated carbocycles. The number of nitrogens with one attached hydrogen (secondary N) is 1. The van der Waals surface area contributed by atoms with Crippen molar-refractivity contribution in [1.82, 2.24) is 9.78 Å². The molecule has 0 amide bonds. The first kappa shape index (κ1) is 9.56. The highest BCUT2D eigenvalue weighted by Gasteiger charge is 2.34. The molecule has 0 saturated heterocycles. The highest BCUT2D eigenvalue weighted by atomic mass is 19.4. The van der Waals surface area contributed by atoms with Gasteiger partial charge < -0.3 is 5.73 Å². The number of hydrogen-bond donors (Lipinski definition) is 2. The van der Waals surface area contributed by atoms with Crippen molar-refractivity contribution in [2.24, 2.45) is 5.73 Å². The van der Waals surface area contributed by atoms with Gasteiger partial charge in [-0.05, 0) is 6.92 Å². The van der Waals surface area contributed by atoms with Crippen LogP contribution in [0.4, 0.5) is 13.2 Å². The molecule has 0 radical (unpaired) electrons. The molecule has 0 atom stereocenters. The molecule has 0 aliphatic rings. The smallest absolute Gasteiger partial charge is 0.384 e. The minimum atomic E-state index is -4.56. The van der Waals surface area contributed by atoms with E-state index >= 15 is 0 Å². The van der Waals surface area contributed by atoms with E-state index in [1.807, 2.05) is 0 Å². The maximum absolute atomic E-state index is 12.1. The summed E-state index contributed by atoms with van der Waals surface area (Å²) >= 11 is 0. The summed E-state index contributed by atoms with van der Waals surface area (Å²) < 4.78 is 36.2. The Bertz CT molecular complexity index is 338. The first-order valence-electron chi connectivity index (χ1n) is 3.30. The molecule has 0 fully saturated rings. The Balaban J connectivity index is 3.22. The molecule has 4 nitrogen and oxygen atoms in total. The molecule has 1 heterocycles. The van der Waals surface area contributed by atoms with Crippen LogP contribution in [0.2, 0.25) is 0 Å². The molecular formula is C6H7F3N4. The van der Waals surface area contributed by atoms with Gasteiger partial charge in [0.15, 0.2) is 0 Å². The summed E-state index contributed by atoms with van der Waals surface area (Å²) in [6, 6.07) is 0. The third kappa shape index (κ3) is 1.63. The van der Waals surface area contributed by atoms with Crippen LogP contribution in [-0.4, -0.2) is 15.6 Å². The Hall–Kier alpha value is -1.53. The number of amidine groups is 1.